The smallest absolute Gasteiger partial charge is 0.267 e. The summed E-state index contributed by atoms with van der Waals surface area (Å²) in [5.41, 5.74) is 7.45. The van der Waals surface area contributed by atoms with Crippen LogP contribution in [0.3, 0.4) is 0 Å². The summed E-state index contributed by atoms with van der Waals surface area (Å²) in [6, 6.07) is 5.88. The number of hydrogen-bond donors (Lipinski definition) is 1. The quantitative estimate of drug-likeness (QED) is 0.840. The van der Waals surface area contributed by atoms with Gasteiger partial charge >= 0.3 is 0 Å². The number of carbonyl (C=O) groups excluding carboxylic acids is 1. The van der Waals surface area contributed by atoms with Crippen LogP contribution < -0.4 is 5.73 Å². The first-order valence-electron chi connectivity index (χ1n) is 4.49. The van der Waals surface area contributed by atoms with Crippen LogP contribution >= 0.6 is 11.3 Å². The first kappa shape index (κ1) is 9.86. The lowest BCUT2D eigenvalue weighted by molar-refractivity contribution is 0.0995. The molecule has 0 aliphatic carbocycles. The van der Waals surface area contributed by atoms with Crippen LogP contribution in [-0.2, 0) is 0 Å². The Morgan fingerprint density at radius 2 is 2.27 bits per heavy atom. The van der Waals surface area contributed by atoms with E-state index in [4.69, 9.17) is 5.73 Å². The van der Waals surface area contributed by atoms with E-state index in [0.717, 1.165) is 16.0 Å². The highest BCUT2D eigenvalue weighted by atomic mass is 32.1. The summed E-state index contributed by atoms with van der Waals surface area (Å²) in [5.74, 6) is -0.481. The molecule has 0 aromatic carbocycles. The molecule has 2 heterocycles. The average Bonchev–Trinajstić information content (AvgIpc) is 2.70. The van der Waals surface area contributed by atoms with Crippen molar-refractivity contribution < 1.29 is 4.79 Å². The molecule has 0 atom stereocenters. The molecule has 0 saturated carbocycles. The zero-order valence-corrected chi connectivity index (χ0v) is 9.04. The molecule has 2 N–H and O–H groups in total. The second kappa shape index (κ2) is 3.82. The predicted molar refractivity (Wildman–Crippen MR) is 60.8 cm³/mol. The van der Waals surface area contributed by atoms with Gasteiger partial charge in [-0.2, -0.15) is 0 Å². The third-order valence-electron chi connectivity index (χ3n) is 2.22. The zero-order chi connectivity index (χ0) is 10.8. The van der Waals surface area contributed by atoms with Crippen molar-refractivity contribution in [3.05, 3.63) is 41.0 Å². The molecule has 1 amide bonds. The molecule has 15 heavy (non-hydrogen) atoms. The fraction of sp³-hybridized carbons (Fsp3) is 0.0909. The fourth-order valence-corrected chi connectivity index (χ4v) is 2.29. The summed E-state index contributed by atoms with van der Waals surface area (Å²) in [6.45, 7) is 1.86. The van der Waals surface area contributed by atoms with Gasteiger partial charge in [-0.1, -0.05) is 6.07 Å². The number of primary amides is 1. The van der Waals surface area contributed by atoms with E-state index in [1.165, 1.54) is 0 Å². The number of carbonyl (C=O) groups is 1. The molecule has 0 bridgehead atoms. The number of nitrogens with zero attached hydrogens (tertiary/aromatic N) is 1. The van der Waals surface area contributed by atoms with Gasteiger partial charge in [0.05, 0.1) is 0 Å². The Kier molecular flexibility index (Phi) is 2.51. The van der Waals surface area contributed by atoms with E-state index in [-0.39, 0.29) is 0 Å². The van der Waals surface area contributed by atoms with Gasteiger partial charge in [0.15, 0.2) is 0 Å². The van der Waals surface area contributed by atoms with Gasteiger partial charge < -0.3 is 5.73 Å². The highest BCUT2D eigenvalue weighted by Crippen LogP contribution is 2.28. The third-order valence-corrected chi connectivity index (χ3v) is 3.13. The minimum atomic E-state index is -0.481. The SMILES string of the molecule is Cc1c(-c2cccs2)ccnc1C(N)=O. The number of rotatable bonds is 2. The summed E-state index contributed by atoms with van der Waals surface area (Å²) < 4.78 is 0. The maximum absolute atomic E-state index is 11.1. The van der Waals surface area contributed by atoms with E-state index in [2.05, 4.69) is 4.98 Å². The molecule has 0 aliphatic heterocycles. The number of amides is 1. The van der Waals surface area contributed by atoms with Crippen LogP contribution in [0.2, 0.25) is 0 Å². The molecule has 3 nitrogen and oxygen atoms in total. The number of nitrogens with two attached hydrogens (primary N) is 1. The molecule has 4 heteroatoms. The Morgan fingerprint density at radius 3 is 2.87 bits per heavy atom. The molecule has 0 spiro atoms. The van der Waals surface area contributed by atoms with Gasteiger partial charge in [-0.25, -0.2) is 0 Å². The highest BCUT2D eigenvalue weighted by molar-refractivity contribution is 7.13. The molecular formula is C11H10N2OS. The van der Waals surface area contributed by atoms with Crippen molar-refractivity contribution in [1.82, 2.24) is 4.98 Å². The first-order chi connectivity index (χ1) is 7.20. The Labute approximate surface area is 91.6 Å². The fourth-order valence-electron chi connectivity index (χ4n) is 1.48. The molecule has 2 aromatic rings. The van der Waals surface area contributed by atoms with Gasteiger partial charge in [0, 0.05) is 11.1 Å². The number of hydrogen-bond acceptors (Lipinski definition) is 3. The summed E-state index contributed by atoms with van der Waals surface area (Å²) in [7, 11) is 0. The molecular weight excluding hydrogens is 208 g/mol. The van der Waals surface area contributed by atoms with Gasteiger partial charge in [-0.05, 0) is 35.6 Å². The van der Waals surface area contributed by atoms with Crippen LogP contribution in [0.15, 0.2) is 29.8 Å². The summed E-state index contributed by atoms with van der Waals surface area (Å²) in [6.07, 6.45) is 1.61. The first-order valence-corrected chi connectivity index (χ1v) is 5.37. The van der Waals surface area contributed by atoms with E-state index in [1.807, 2.05) is 30.5 Å². The van der Waals surface area contributed by atoms with Crippen LogP contribution in [0.4, 0.5) is 0 Å². The normalized spacial score (nSPS) is 10.2. The summed E-state index contributed by atoms with van der Waals surface area (Å²) in [4.78, 5) is 16.2. The van der Waals surface area contributed by atoms with Gasteiger partial charge in [0.25, 0.3) is 5.91 Å². The molecule has 0 radical (unpaired) electrons. The standard InChI is InChI=1S/C11H10N2OS/c1-7-8(9-3-2-6-15-9)4-5-13-10(7)11(12)14/h2-6H,1H3,(H2,12,14). The Morgan fingerprint density at radius 1 is 1.47 bits per heavy atom. The third kappa shape index (κ3) is 1.76. The van der Waals surface area contributed by atoms with Gasteiger partial charge in [0.2, 0.25) is 0 Å². The zero-order valence-electron chi connectivity index (χ0n) is 8.23. The number of thiophene rings is 1. The van der Waals surface area contributed by atoms with Crippen molar-refractivity contribution in [3.63, 3.8) is 0 Å². The monoisotopic (exact) mass is 218 g/mol. The second-order valence-corrected chi connectivity index (χ2v) is 4.12. The average molecular weight is 218 g/mol. The Hall–Kier alpha value is -1.68. The van der Waals surface area contributed by atoms with E-state index in [0.29, 0.717) is 5.69 Å². The topological polar surface area (TPSA) is 56.0 Å². The van der Waals surface area contributed by atoms with E-state index in [9.17, 15) is 4.79 Å². The summed E-state index contributed by atoms with van der Waals surface area (Å²) in [5, 5.41) is 2.00. The van der Waals surface area contributed by atoms with Crippen LogP contribution in [0.5, 0.6) is 0 Å². The molecule has 76 valence electrons. The van der Waals surface area contributed by atoms with E-state index >= 15 is 0 Å². The second-order valence-electron chi connectivity index (χ2n) is 3.17. The molecule has 0 fully saturated rings. The molecule has 2 rings (SSSR count). The van der Waals surface area contributed by atoms with Crippen molar-refractivity contribution in [2.45, 2.75) is 6.92 Å². The number of pyridine rings is 1. The van der Waals surface area contributed by atoms with Crippen molar-refractivity contribution in [2.24, 2.45) is 5.73 Å². The molecule has 0 aliphatic rings. The Bertz CT molecular complexity index is 491. The lowest BCUT2D eigenvalue weighted by Crippen LogP contribution is -2.15. The maximum atomic E-state index is 11.1. The van der Waals surface area contributed by atoms with Crippen LogP contribution in [0, 0.1) is 6.92 Å². The maximum Gasteiger partial charge on any atom is 0.267 e. The Balaban J connectivity index is 2.59. The van der Waals surface area contributed by atoms with Crippen molar-refractivity contribution in [3.8, 4) is 10.4 Å². The van der Waals surface area contributed by atoms with Crippen molar-refractivity contribution in [2.75, 3.05) is 0 Å². The lowest BCUT2D eigenvalue weighted by atomic mass is 10.1. The molecule has 0 unspecified atom stereocenters. The van der Waals surface area contributed by atoms with Gasteiger partial charge in [-0.3, -0.25) is 9.78 Å². The lowest BCUT2D eigenvalue weighted by Gasteiger charge is -2.05. The van der Waals surface area contributed by atoms with Gasteiger partial charge in [0.1, 0.15) is 5.69 Å². The predicted octanol–water partition coefficient (Wildman–Crippen LogP) is 2.22. The van der Waals surface area contributed by atoms with Crippen molar-refractivity contribution >= 4 is 17.2 Å². The molecule has 0 saturated heterocycles. The van der Waals surface area contributed by atoms with Crippen LogP contribution in [0.25, 0.3) is 10.4 Å². The van der Waals surface area contributed by atoms with Crippen molar-refractivity contribution in [1.29, 1.82) is 0 Å². The van der Waals surface area contributed by atoms with Crippen LogP contribution in [-0.4, -0.2) is 10.9 Å². The van der Waals surface area contributed by atoms with Crippen LogP contribution in [0.1, 0.15) is 16.1 Å². The van der Waals surface area contributed by atoms with E-state index < -0.39 is 5.91 Å². The minimum Gasteiger partial charge on any atom is -0.364 e. The summed E-state index contributed by atoms with van der Waals surface area (Å²) >= 11 is 1.63. The van der Waals surface area contributed by atoms with E-state index in [1.54, 1.807) is 17.5 Å². The largest absolute Gasteiger partial charge is 0.364 e. The molecule has 2 aromatic heterocycles. The minimum absolute atomic E-state index is 0.348. The number of aromatic nitrogens is 1. The highest BCUT2D eigenvalue weighted by Gasteiger charge is 2.11. The van der Waals surface area contributed by atoms with Gasteiger partial charge in [-0.15, -0.1) is 11.3 Å².